The van der Waals surface area contributed by atoms with Gasteiger partial charge in [0.15, 0.2) is 4.77 Å². The molecule has 4 heteroatoms. The van der Waals surface area contributed by atoms with E-state index in [0.717, 1.165) is 16.6 Å². The number of hydrogen-bond acceptors (Lipinski definition) is 2. The summed E-state index contributed by atoms with van der Waals surface area (Å²) >= 11 is 4.93. The first-order valence-corrected chi connectivity index (χ1v) is 3.71. The van der Waals surface area contributed by atoms with Crippen LogP contribution in [0.25, 0.3) is 11.0 Å². The predicted octanol–water partition coefficient (Wildman–Crippen LogP) is 1.93. The molecule has 0 saturated heterocycles. The van der Waals surface area contributed by atoms with Gasteiger partial charge in [0.25, 0.3) is 0 Å². The zero-order valence-electron chi connectivity index (χ0n) is 6.01. The van der Waals surface area contributed by atoms with Gasteiger partial charge in [-0.1, -0.05) is 0 Å². The fourth-order valence-corrected chi connectivity index (χ4v) is 1.30. The van der Waals surface area contributed by atoms with Gasteiger partial charge in [-0.2, -0.15) is 0 Å². The summed E-state index contributed by atoms with van der Waals surface area (Å²) in [6, 6.07) is 0. The zero-order valence-corrected chi connectivity index (χ0v) is 6.83. The number of imidazole rings is 1. The summed E-state index contributed by atoms with van der Waals surface area (Å²) in [5.41, 5.74) is 3.12. The number of aromatic nitrogens is 3. The van der Waals surface area contributed by atoms with Crippen LogP contribution in [0.4, 0.5) is 0 Å². The zero-order chi connectivity index (χ0) is 7.84. The van der Waals surface area contributed by atoms with Gasteiger partial charge in [0, 0.05) is 6.20 Å². The number of rotatable bonds is 0. The summed E-state index contributed by atoms with van der Waals surface area (Å²) in [5.74, 6) is 0. The molecule has 0 bridgehead atoms. The van der Waals surface area contributed by atoms with Crippen molar-refractivity contribution in [3.05, 3.63) is 22.7 Å². The van der Waals surface area contributed by atoms with Crippen LogP contribution in [0.3, 0.4) is 0 Å². The van der Waals surface area contributed by atoms with Crippen LogP contribution in [0.5, 0.6) is 0 Å². The first kappa shape index (κ1) is 6.54. The molecule has 0 aliphatic carbocycles. The van der Waals surface area contributed by atoms with E-state index in [-0.39, 0.29) is 0 Å². The van der Waals surface area contributed by atoms with Crippen LogP contribution in [0.2, 0.25) is 0 Å². The number of H-pyrrole nitrogens is 2. The van der Waals surface area contributed by atoms with Crippen molar-refractivity contribution in [2.45, 2.75) is 6.92 Å². The van der Waals surface area contributed by atoms with E-state index in [1.54, 1.807) is 12.4 Å². The minimum atomic E-state index is 0.649. The fraction of sp³-hybridized carbons (Fsp3) is 0.143. The molecule has 2 aromatic heterocycles. The van der Waals surface area contributed by atoms with Gasteiger partial charge in [-0.05, 0) is 24.7 Å². The van der Waals surface area contributed by atoms with Gasteiger partial charge in [-0.25, -0.2) is 0 Å². The Kier molecular flexibility index (Phi) is 1.29. The smallest absolute Gasteiger partial charge is 0.175 e. The highest BCUT2D eigenvalue weighted by Crippen LogP contribution is 2.11. The second-order valence-electron chi connectivity index (χ2n) is 2.46. The van der Waals surface area contributed by atoms with Gasteiger partial charge in [0.05, 0.1) is 17.2 Å². The summed E-state index contributed by atoms with van der Waals surface area (Å²) < 4.78 is 0.649. The standard InChI is InChI=1S/C7H7N3S/c1-4-2-8-3-5-6(4)10-7(11)9-5/h2-3H,1H3,(H2,9,10,11). The largest absolute Gasteiger partial charge is 0.330 e. The first-order chi connectivity index (χ1) is 5.27. The lowest BCUT2D eigenvalue weighted by atomic mass is 10.3. The highest BCUT2D eigenvalue weighted by atomic mass is 32.1. The number of nitrogens with one attached hydrogen (secondary N) is 2. The fourth-order valence-electron chi connectivity index (χ4n) is 1.09. The number of aromatic amines is 2. The van der Waals surface area contributed by atoms with Crippen molar-refractivity contribution < 1.29 is 0 Å². The van der Waals surface area contributed by atoms with Crippen LogP contribution in [-0.4, -0.2) is 15.0 Å². The number of aryl methyl sites for hydroxylation is 1. The SMILES string of the molecule is Cc1cncc2[nH]c(=S)[nH]c12. The maximum Gasteiger partial charge on any atom is 0.175 e. The highest BCUT2D eigenvalue weighted by Gasteiger charge is 1.97. The summed E-state index contributed by atoms with van der Waals surface area (Å²) in [5, 5.41) is 0. The van der Waals surface area contributed by atoms with E-state index in [0.29, 0.717) is 4.77 Å². The molecule has 2 N–H and O–H groups in total. The van der Waals surface area contributed by atoms with Crippen LogP contribution in [0, 0.1) is 11.7 Å². The van der Waals surface area contributed by atoms with Crippen molar-refractivity contribution in [3.8, 4) is 0 Å². The van der Waals surface area contributed by atoms with Crippen molar-refractivity contribution in [1.29, 1.82) is 0 Å². The van der Waals surface area contributed by atoms with E-state index in [2.05, 4.69) is 15.0 Å². The molecular weight excluding hydrogens is 158 g/mol. The summed E-state index contributed by atoms with van der Waals surface area (Å²) in [6.45, 7) is 1.99. The molecule has 2 aromatic rings. The monoisotopic (exact) mass is 165 g/mol. The van der Waals surface area contributed by atoms with Crippen molar-refractivity contribution in [3.63, 3.8) is 0 Å². The van der Waals surface area contributed by atoms with Gasteiger partial charge in [-0.15, -0.1) is 0 Å². The van der Waals surface area contributed by atoms with Gasteiger partial charge < -0.3 is 9.97 Å². The molecule has 0 aliphatic heterocycles. The van der Waals surface area contributed by atoms with E-state index in [1.165, 1.54) is 0 Å². The molecule has 0 aromatic carbocycles. The summed E-state index contributed by atoms with van der Waals surface area (Å²) in [4.78, 5) is 10.1. The van der Waals surface area contributed by atoms with Crippen LogP contribution >= 0.6 is 12.2 Å². The van der Waals surface area contributed by atoms with Gasteiger partial charge in [0.1, 0.15) is 0 Å². The summed E-state index contributed by atoms with van der Waals surface area (Å²) in [6.07, 6.45) is 3.57. The molecule has 2 heterocycles. The minimum absolute atomic E-state index is 0.649. The molecule has 3 nitrogen and oxygen atoms in total. The van der Waals surface area contributed by atoms with Gasteiger partial charge in [-0.3, -0.25) is 4.98 Å². The third-order valence-electron chi connectivity index (χ3n) is 1.62. The van der Waals surface area contributed by atoms with Gasteiger partial charge >= 0.3 is 0 Å². The predicted molar refractivity (Wildman–Crippen MR) is 46.0 cm³/mol. The average molecular weight is 165 g/mol. The van der Waals surface area contributed by atoms with E-state index < -0.39 is 0 Å². The quantitative estimate of drug-likeness (QED) is 0.586. The van der Waals surface area contributed by atoms with Gasteiger partial charge in [0.2, 0.25) is 0 Å². The topological polar surface area (TPSA) is 44.5 Å². The molecule has 0 saturated carbocycles. The Balaban J connectivity index is 3.01. The molecule has 11 heavy (non-hydrogen) atoms. The third-order valence-corrected chi connectivity index (χ3v) is 1.83. The Morgan fingerprint density at radius 1 is 1.36 bits per heavy atom. The third kappa shape index (κ3) is 0.952. The molecule has 0 spiro atoms. The first-order valence-electron chi connectivity index (χ1n) is 3.30. The van der Waals surface area contributed by atoms with Crippen LogP contribution in [-0.2, 0) is 0 Å². The lowest BCUT2D eigenvalue weighted by Gasteiger charge is -1.90. The Bertz CT molecular complexity index is 440. The molecule has 0 radical (unpaired) electrons. The molecule has 0 amide bonds. The summed E-state index contributed by atoms with van der Waals surface area (Å²) in [7, 11) is 0. The molecule has 0 atom stereocenters. The number of fused-ring (bicyclic) bond motifs is 1. The second-order valence-corrected chi connectivity index (χ2v) is 2.87. The Morgan fingerprint density at radius 2 is 2.18 bits per heavy atom. The van der Waals surface area contributed by atoms with Crippen molar-refractivity contribution in [2.75, 3.05) is 0 Å². The normalized spacial score (nSPS) is 10.6. The number of pyridine rings is 1. The maximum atomic E-state index is 4.93. The average Bonchev–Trinajstić information content (AvgIpc) is 2.31. The maximum absolute atomic E-state index is 4.93. The molecule has 0 aliphatic rings. The lowest BCUT2D eigenvalue weighted by molar-refractivity contribution is 1.29. The number of hydrogen-bond donors (Lipinski definition) is 2. The molecule has 56 valence electrons. The van der Waals surface area contributed by atoms with Crippen LogP contribution in [0.1, 0.15) is 5.56 Å². The molecule has 0 fully saturated rings. The van der Waals surface area contributed by atoms with E-state index in [1.807, 2.05) is 6.92 Å². The van der Waals surface area contributed by atoms with Crippen LogP contribution < -0.4 is 0 Å². The van der Waals surface area contributed by atoms with Crippen molar-refractivity contribution in [1.82, 2.24) is 15.0 Å². The Labute approximate surface area is 68.5 Å². The lowest BCUT2D eigenvalue weighted by Crippen LogP contribution is -1.78. The molecular formula is C7H7N3S. The minimum Gasteiger partial charge on any atom is -0.330 e. The number of nitrogens with zero attached hydrogens (tertiary/aromatic N) is 1. The van der Waals surface area contributed by atoms with Crippen molar-refractivity contribution >= 4 is 23.3 Å². The molecule has 2 rings (SSSR count). The second kappa shape index (κ2) is 2.17. The highest BCUT2D eigenvalue weighted by molar-refractivity contribution is 7.71. The van der Waals surface area contributed by atoms with Crippen molar-refractivity contribution in [2.24, 2.45) is 0 Å². The van der Waals surface area contributed by atoms with E-state index in [9.17, 15) is 0 Å². The van der Waals surface area contributed by atoms with E-state index >= 15 is 0 Å². The van der Waals surface area contributed by atoms with Crippen LogP contribution in [0.15, 0.2) is 12.4 Å². The van der Waals surface area contributed by atoms with E-state index in [4.69, 9.17) is 12.2 Å². The molecule has 0 unspecified atom stereocenters. The Morgan fingerprint density at radius 3 is 2.91 bits per heavy atom. The Hall–Kier alpha value is -1.16.